The van der Waals surface area contributed by atoms with E-state index < -0.39 is 17.5 Å². The topological polar surface area (TPSA) is 109 Å². The molecule has 0 saturated carbocycles. The summed E-state index contributed by atoms with van der Waals surface area (Å²) in [6.45, 7) is 10.6. The van der Waals surface area contributed by atoms with Crippen LogP contribution in [0.1, 0.15) is 69.8 Å². The van der Waals surface area contributed by atoms with Crippen LogP contribution in [0.2, 0.25) is 0 Å². The Bertz CT molecular complexity index is 1660. The lowest BCUT2D eigenvalue weighted by atomic mass is 10.0. The van der Waals surface area contributed by atoms with Gasteiger partial charge in [0.15, 0.2) is 0 Å². The molecular weight excluding hydrogens is 553 g/mol. The first kappa shape index (κ1) is 30.0. The van der Waals surface area contributed by atoms with E-state index in [0.717, 1.165) is 30.3 Å². The molecule has 11 nitrogen and oxygen atoms in total. The number of rotatable bonds is 7. The maximum absolute atomic E-state index is 13.4. The van der Waals surface area contributed by atoms with Crippen LogP contribution >= 0.6 is 0 Å². The molecule has 12 heteroatoms. The first-order chi connectivity index (χ1) is 20.6. The molecular formula is C31H36FN7O4. The van der Waals surface area contributed by atoms with E-state index in [4.69, 9.17) is 14.2 Å². The number of halogens is 1. The molecule has 0 aliphatic carbocycles. The van der Waals surface area contributed by atoms with E-state index in [1.165, 1.54) is 6.07 Å². The minimum atomic E-state index is -0.532. The minimum Gasteiger partial charge on any atom is -0.475 e. The summed E-state index contributed by atoms with van der Waals surface area (Å²) >= 11 is 0. The van der Waals surface area contributed by atoms with Gasteiger partial charge in [0.2, 0.25) is 5.88 Å². The number of imidazole rings is 1. The van der Waals surface area contributed by atoms with E-state index in [-0.39, 0.29) is 18.7 Å². The maximum Gasteiger partial charge on any atom is 0.410 e. The molecule has 5 heterocycles. The van der Waals surface area contributed by atoms with Crippen molar-refractivity contribution < 1.29 is 23.4 Å². The number of hydrogen-bond acceptors (Lipinski definition) is 8. The van der Waals surface area contributed by atoms with Gasteiger partial charge < -0.3 is 19.1 Å². The molecule has 1 saturated heterocycles. The largest absolute Gasteiger partial charge is 0.475 e. The van der Waals surface area contributed by atoms with Gasteiger partial charge in [0, 0.05) is 31.8 Å². The van der Waals surface area contributed by atoms with Crippen LogP contribution in [0.25, 0.3) is 16.9 Å². The molecule has 4 aromatic rings. The Labute approximate surface area is 250 Å². The number of fused-ring (bicyclic) bond motifs is 1. The smallest absolute Gasteiger partial charge is 0.410 e. The average molecular weight is 590 g/mol. The molecule has 0 aromatic carbocycles. The Morgan fingerprint density at radius 1 is 1.16 bits per heavy atom. The maximum atomic E-state index is 13.4. The third kappa shape index (κ3) is 6.62. The molecule has 0 spiro atoms. The fraction of sp³-hybridized carbons (Fsp3) is 0.452. The lowest BCUT2D eigenvalue weighted by Crippen LogP contribution is -2.42. The number of methoxy groups -OCH3 is 1. The second-order valence-electron chi connectivity index (χ2n) is 11.4. The SMILES string of the molecule is CC#Cc1cnc2cc(-c3nnn(C4CCN(C(=O)OC(C)(C)C)CC4)c3C)cc(OCC(OC)c3ccc(F)cn3)n12. The van der Waals surface area contributed by atoms with Crippen molar-refractivity contribution in [3.63, 3.8) is 0 Å². The molecule has 1 amide bonds. The highest BCUT2D eigenvalue weighted by Gasteiger charge is 2.29. The Balaban J connectivity index is 1.40. The van der Waals surface area contributed by atoms with Gasteiger partial charge >= 0.3 is 6.09 Å². The fourth-order valence-electron chi connectivity index (χ4n) is 5.12. The highest BCUT2D eigenvalue weighted by atomic mass is 19.1. The first-order valence-corrected chi connectivity index (χ1v) is 14.2. The average Bonchev–Trinajstić information content (AvgIpc) is 3.56. The third-order valence-corrected chi connectivity index (χ3v) is 7.24. The van der Waals surface area contributed by atoms with Crippen LogP contribution in [0, 0.1) is 24.6 Å². The van der Waals surface area contributed by atoms with Gasteiger partial charge in [0.05, 0.1) is 29.8 Å². The van der Waals surface area contributed by atoms with Crippen molar-refractivity contribution in [1.29, 1.82) is 0 Å². The number of carbonyl (C=O) groups is 1. The monoisotopic (exact) mass is 589 g/mol. The molecule has 0 N–H and O–H groups in total. The van der Waals surface area contributed by atoms with Gasteiger partial charge in [-0.1, -0.05) is 11.1 Å². The zero-order valence-electron chi connectivity index (χ0n) is 25.3. The van der Waals surface area contributed by atoms with E-state index in [1.54, 1.807) is 31.2 Å². The van der Waals surface area contributed by atoms with Crippen LogP contribution in [0.3, 0.4) is 0 Å². The molecule has 0 radical (unpaired) electrons. The predicted molar refractivity (Wildman–Crippen MR) is 157 cm³/mol. The summed E-state index contributed by atoms with van der Waals surface area (Å²) in [6, 6.07) is 6.82. The summed E-state index contributed by atoms with van der Waals surface area (Å²) in [5.74, 6) is 6.05. The van der Waals surface area contributed by atoms with Crippen molar-refractivity contribution in [2.45, 2.75) is 65.2 Å². The van der Waals surface area contributed by atoms with Gasteiger partial charge in [0.1, 0.15) is 41.2 Å². The lowest BCUT2D eigenvalue weighted by molar-refractivity contribution is 0.0183. The van der Waals surface area contributed by atoms with E-state index in [2.05, 4.69) is 32.1 Å². The Morgan fingerprint density at radius 2 is 1.93 bits per heavy atom. The number of pyridine rings is 2. The summed E-state index contributed by atoms with van der Waals surface area (Å²) in [7, 11) is 1.55. The highest BCUT2D eigenvalue weighted by molar-refractivity contribution is 5.69. The van der Waals surface area contributed by atoms with Crippen LogP contribution in [-0.2, 0) is 9.47 Å². The predicted octanol–water partition coefficient (Wildman–Crippen LogP) is 5.15. The first-order valence-electron chi connectivity index (χ1n) is 14.2. The molecule has 43 heavy (non-hydrogen) atoms. The van der Waals surface area contributed by atoms with Crippen molar-refractivity contribution in [3.05, 3.63) is 59.6 Å². The Kier molecular flexibility index (Phi) is 8.64. The number of piperidine rings is 1. The molecule has 4 aromatic heterocycles. The highest BCUT2D eigenvalue weighted by Crippen LogP contribution is 2.32. The van der Waals surface area contributed by atoms with E-state index >= 15 is 0 Å². The van der Waals surface area contributed by atoms with Crippen molar-refractivity contribution in [3.8, 4) is 29.0 Å². The van der Waals surface area contributed by atoms with Crippen molar-refractivity contribution in [2.75, 3.05) is 26.8 Å². The van der Waals surface area contributed by atoms with Crippen LogP contribution < -0.4 is 4.74 Å². The third-order valence-electron chi connectivity index (χ3n) is 7.24. The number of nitrogens with zero attached hydrogens (tertiary/aromatic N) is 7. The van der Waals surface area contributed by atoms with E-state index in [0.29, 0.717) is 41.7 Å². The summed E-state index contributed by atoms with van der Waals surface area (Å²) in [5.41, 5.74) is 3.72. The van der Waals surface area contributed by atoms with Gasteiger partial charge in [-0.2, -0.15) is 0 Å². The number of hydrogen-bond donors (Lipinski definition) is 0. The summed E-state index contributed by atoms with van der Waals surface area (Å²) in [5, 5.41) is 9.05. The molecule has 1 aliphatic heterocycles. The summed E-state index contributed by atoms with van der Waals surface area (Å²) in [6.07, 6.45) is 3.51. The van der Waals surface area contributed by atoms with Crippen molar-refractivity contribution in [2.24, 2.45) is 0 Å². The fourth-order valence-corrected chi connectivity index (χ4v) is 5.12. The van der Waals surface area contributed by atoms with Crippen LogP contribution in [0.5, 0.6) is 5.88 Å². The molecule has 1 atom stereocenters. The van der Waals surface area contributed by atoms with E-state index in [1.807, 2.05) is 48.9 Å². The number of likely N-dealkylation sites (tertiary alicyclic amines) is 1. The molecule has 1 aliphatic rings. The quantitative estimate of drug-likeness (QED) is 0.273. The van der Waals surface area contributed by atoms with Crippen LogP contribution in [0.15, 0.2) is 36.7 Å². The number of carbonyl (C=O) groups excluding carboxylic acids is 1. The number of amides is 1. The Hall–Kier alpha value is -4.50. The normalized spacial score (nSPS) is 14.8. The number of aromatic nitrogens is 6. The van der Waals surface area contributed by atoms with Gasteiger partial charge in [0.25, 0.3) is 0 Å². The zero-order chi connectivity index (χ0) is 30.7. The Morgan fingerprint density at radius 3 is 2.58 bits per heavy atom. The van der Waals surface area contributed by atoms with Crippen molar-refractivity contribution >= 4 is 11.7 Å². The van der Waals surface area contributed by atoms with Crippen molar-refractivity contribution in [1.82, 2.24) is 34.3 Å². The van der Waals surface area contributed by atoms with E-state index in [9.17, 15) is 9.18 Å². The van der Waals surface area contributed by atoms with Gasteiger partial charge in [-0.3, -0.25) is 9.38 Å². The van der Waals surface area contributed by atoms with Gasteiger partial charge in [-0.05, 0) is 71.6 Å². The molecule has 0 bridgehead atoms. The summed E-state index contributed by atoms with van der Waals surface area (Å²) in [4.78, 5) is 23.0. The zero-order valence-corrected chi connectivity index (χ0v) is 25.3. The number of ether oxygens (including phenoxy) is 3. The standard InChI is InChI=1S/C31H36FN7O4/c1-7-8-24-18-34-27-15-21(16-28(38(24)27)42-19-26(41-6)25-10-9-22(32)17-33-25)29-20(2)39(36-35-29)23-11-13-37(14-12-23)30(40)43-31(3,4)5/h9-10,15-18,23,26H,11-14,19H2,1-6H3. The molecule has 1 unspecified atom stereocenters. The molecule has 5 rings (SSSR count). The van der Waals surface area contributed by atoms with Crippen LogP contribution in [-0.4, -0.2) is 72.8 Å². The minimum absolute atomic E-state index is 0.0999. The lowest BCUT2D eigenvalue weighted by Gasteiger charge is -2.33. The second-order valence-corrected chi connectivity index (χ2v) is 11.4. The molecule has 226 valence electrons. The molecule has 1 fully saturated rings. The van der Waals surface area contributed by atoms with Gasteiger partial charge in [-0.15, -0.1) is 5.10 Å². The van der Waals surface area contributed by atoms with Gasteiger partial charge in [-0.25, -0.2) is 18.9 Å². The second kappa shape index (κ2) is 12.4. The van der Waals surface area contributed by atoms with Crippen LogP contribution in [0.4, 0.5) is 9.18 Å². The summed E-state index contributed by atoms with van der Waals surface area (Å²) < 4.78 is 34.6.